The summed E-state index contributed by atoms with van der Waals surface area (Å²) in [5, 5.41) is 11.6. The Hall–Kier alpha value is -2.09. The molecule has 0 aromatic carbocycles. The minimum Gasteiger partial charge on any atom is -0.299 e. The van der Waals surface area contributed by atoms with Crippen LogP contribution in [0.3, 0.4) is 0 Å². The molecule has 7 nitrogen and oxygen atoms in total. The Labute approximate surface area is 149 Å². The number of fused-ring (bicyclic) bond motifs is 1. The standard InChI is InChI=1S/C17H20N4O3S/c1-3-11(14(22)18-17-20-19-8(2)25-17)21-15(23)12-9-4-5-10(7-6-9)13(12)16(21)24/h4-5,9-13H,3,6-7H2,1-2H3,(H,18,20,22)/t9-,10-,11+,12+,13+/m0/s1. The maximum atomic E-state index is 13.0. The largest absolute Gasteiger partial charge is 0.299 e. The molecular weight excluding hydrogens is 340 g/mol. The number of carbonyl (C=O) groups excluding carboxylic acids is 3. The molecule has 25 heavy (non-hydrogen) atoms. The first kappa shape index (κ1) is 16.4. The summed E-state index contributed by atoms with van der Waals surface area (Å²) in [6, 6.07) is -0.797. The number of likely N-dealkylation sites (tertiary alicyclic amines) is 1. The summed E-state index contributed by atoms with van der Waals surface area (Å²) in [5.74, 6) is -1.08. The van der Waals surface area contributed by atoms with E-state index in [4.69, 9.17) is 0 Å². The van der Waals surface area contributed by atoms with Crippen molar-refractivity contribution in [3.05, 3.63) is 17.2 Å². The van der Waals surface area contributed by atoms with Crippen LogP contribution in [-0.4, -0.2) is 38.9 Å². The zero-order valence-corrected chi connectivity index (χ0v) is 15.0. The summed E-state index contributed by atoms with van der Waals surface area (Å²) >= 11 is 1.27. The summed E-state index contributed by atoms with van der Waals surface area (Å²) in [6.45, 7) is 3.61. The molecule has 4 aliphatic rings. The van der Waals surface area contributed by atoms with Crippen LogP contribution in [0.25, 0.3) is 0 Å². The maximum Gasteiger partial charge on any atom is 0.249 e. The van der Waals surface area contributed by atoms with Crippen LogP contribution in [-0.2, 0) is 14.4 Å². The number of imide groups is 1. The molecule has 1 saturated heterocycles. The summed E-state index contributed by atoms with van der Waals surface area (Å²) in [4.78, 5) is 39.8. The Kier molecular flexibility index (Phi) is 3.94. The van der Waals surface area contributed by atoms with Gasteiger partial charge in [-0.15, -0.1) is 10.2 Å². The Morgan fingerprint density at radius 1 is 1.24 bits per heavy atom. The van der Waals surface area contributed by atoms with E-state index in [9.17, 15) is 14.4 Å². The second-order valence-corrected chi connectivity index (χ2v) is 8.11. The third-order valence-corrected chi connectivity index (χ3v) is 6.30. The normalized spacial score (nSPS) is 31.4. The fourth-order valence-corrected chi connectivity index (χ4v) is 5.02. The van der Waals surface area contributed by atoms with E-state index in [1.54, 1.807) is 6.92 Å². The number of allylic oxidation sites excluding steroid dienone is 2. The second kappa shape index (κ2) is 6.01. The van der Waals surface area contributed by atoms with Crippen molar-refractivity contribution in [3.8, 4) is 0 Å². The average Bonchev–Trinajstić information content (AvgIpc) is 3.14. The van der Waals surface area contributed by atoms with Gasteiger partial charge in [-0.05, 0) is 38.0 Å². The van der Waals surface area contributed by atoms with Crippen molar-refractivity contribution < 1.29 is 14.4 Å². The van der Waals surface area contributed by atoms with Gasteiger partial charge in [0.15, 0.2) is 0 Å². The highest BCUT2D eigenvalue weighted by Gasteiger charge is 2.58. The first-order valence-electron chi connectivity index (χ1n) is 8.67. The van der Waals surface area contributed by atoms with Crippen LogP contribution in [0.15, 0.2) is 12.2 Å². The molecule has 2 heterocycles. The van der Waals surface area contributed by atoms with E-state index >= 15 is 0 Å². The van der Waals surface area contributed by atoms with Crippen molar-refractivity contribution in [3.63, 3.8) is 0 Å². The van der Waals surface area contributed by atoms with Crippen molar-refractivity contribution in [1.82, 2.24) is 15.1 Å². The van der Waals surface area contributed by atoms with Gasteiger partial charge in [-0.2, -0.15) is 0 Å². The molecule has 0 spiro atoms. The second-order valence-electron chi connectivity index (χ2n) is 6.93. The zero-order valence-electron chi connectivity index (χ0n) is 14.1. The molecule has 5 rings (SSSR count). The fourth-order valence-electron chi connectivity index (χ4n) is 4.43. The molecule has 0 radical (unpaired) electrons. The van der Waals surface area contributed by atoms with Gasteiger partial charge in [-0.25, -0.2) is 0 Å². The minimum absolute atomic E-state index is 0.128. The van der Waals surface area contributed by atoms with Gasteiger partial charge in [0.05, 0.1) is 11.8 Å². The molecule has 2 fully saturated rings. The quantitative estimate of drug-likeness (QED) is 0.652. The molecule has 2 bridgehead atoms. The number of anilines is 1. The van der Waals surface area contributed by atoms with Gasteiger partial charge in [0.25, 0.3) is 0 Å². The molecule has 3 amide bonds. The third-order valence-electron chi connectivity index (χ3n) is 5.55. The number of hydrogen-bond acceptors (Lipinski definition) is 6. The molecule has 1 aromatic heterocycles. The number of aryl methyl sites for hydroxylation is 1. The van der Waals surface area contributed by atoms with E-state index in [1.165, 1.54) is 16.2 Å². The number of carbonyl (C=O) groups is 3. The van der Waals surface area contributed by atoms with Crippen molar-refractivity contribution in [1.29, 1.82) is 0 Å². The van der Waals surface area contributed by atoms with Crippen LogP contribution in [0.4, 0.5) is 5.13 Å². The van der Waals surface area contributed by atoms with E-state index in [0.29, 0.717) is 11.6 Å². The van der Waals surface area contributed by atoms with E-state index < -0.39 is 6.04 Å². The predicted molar refractivity (Wildman–Crippen MR) is 91.5 cm³/mol. The van der Waals surface area contributed by atoms with Crippen LogP contribution < -0.4 is 5.32 Å². The van der Waals surface area contributed by atoms with Gasteiger partial charge in [-0.3, -0.25) is 24.6 Å². The fraction of sp³-hybridized carbons (Fsp3) is 0.588. The molecule has 0 unspecified atom stereocenters. The Balaban J connectivity index is 1.58. The maximum absolute atomic E-state index is 13.0. The Morgan fingerprint density at radius 2 is 1.84 bits per heavy atom. The molecule has 3 aliphatic carbocycles. The Bertz CT molecular complexity index is 742. The van der Waals surface area contributed by atoms with Crippen molar-refractivity contribution >= 4 is 34.2 Å². The lowest BCUT2D eigenvalue weighted by Crippen LogP contribution is -2.47. The Morgan fingerprint density at radius 3 is 2.28 bits per heavy atom. The molecule has 8 heteroatoms. The van der Waals surface area contributed by atoms with Gasteiger partial charge in [0.1, 0.15) is 11.0 Å². The molecule has 5 atom stereocenters. The molecule has 132 valence electrons. The van der Waals surface area contributed by atoms with Crippen molar-refractivity contribution in [2.24, 2.45) is 23.7 Å². The lowest BCUT2D eigenvalue weighted by molar-refractivity contribution is -0.146. The van der Waals surface area contributed by atoms with Gasteiger partial charge in [-0.1, -0.05) is 30.4 Å². The predicted octanol–water partition coefficient (Wildman–Crippen LogP) is 1.76. The summed E-state index contributed by atoms with van der Waals surface area (Å²) in [7, 11) is 0. The summed E-state index contributed by atoms with van der Waals surface area (Å²) in [6.07, 6.45) is 6.43. The van der Waals surface area contributed by atoms with Crippen LogP contribution in [0.1, 0.15) is 31.2 Å². The van der Waals surface area contributed by atoms with Crippen LogP contribution in [0, 0.1) is 30.6 Å². The zero-order chi connectivity index (χ0) is 17.7. The molecule has 1 N–H and O–H groups in total. The monoisotopic (exact) mass is 360 g/mol. The lowest BCUT2D eigenvalue weighted by Gasteiger charge is -2.38. The van der Waals surface area contributed by atoms with Crippen LogP contribution in [0.2, 0.25) is 0 Å². The molecule has 1 aromatic rings. The van der Waals surface area contributed by atoms with Crippen LogP contribution in [0.5, 0.6) is 0 Å². The molecular formula is C17H20N4O3S. The first-order valence-corrected chi connectivity index (χ1v) is 9.49. The SMILES string of the molecule is CC[C@H](C(=O)Nc1nnc(C)s1)N1C(=O)[C@H]2[C@H](C1=O)[C@H]1C=C[C@H]2CC1. The highest BCUT2D eigenvalue weighted by atomic mass is 32.1. The minimum atomic E-state index is -0.797. The van der Waals surface area contributed by atoms with Crippen molar-refractivity contribution in [2.45, 2.75) is 39.2 Å². The highest BCUT2D eigenvalue weighted by Crippen LogP contribution is 2.50. The van der Waals surface area contributed by atoms with Gasteiger partial charge in [0, 0.05) is 0 Å². The van der Waals surface area contributed by atoms with E-state index in [1.807, 2.05) is 6.92 Å². The number of nitrogens with zero attached hydrogens (tertiary/aromatic N) is 3. The number of nitrogens with one attached hydrogen (secondary N) is 1. The smallest absolute Gasteiger partial charge is 0.249 e. The van der Waals surface area contributed by atoms with E-state index in [-0.39, 0.29) is 41.4 Å². The number of amides is 3. The summed E-state index contributed by atoms with van der Waals surface area (Å²) < 4.78 is 0. The van der Waals surface area contributed by atoms with Gasteiger partial charge in [0.2, 0.25) is 22.9 Å². The topological polar surface area (TPSA) is 92.3 Å². The lowest BCUT2D eigenvalue weighted by atomic mass is 9.63. The van der Waals surface area contributed by atoms with E-state index in [2.05, 4.69) is 27.7 Å². The molecule has 1 saturated carbocycles. The van der Waals surface area contributed by atoms with Gasteiger partial charge < -0.3 is 0 Å². The summed E-state index contributed by atoms with van der Waals surface area (Å²) in [5.41, 5.74) is 0. The average molecular weight is 360 g/mol. The first-order chi connectivity index (χ1) is 12.0. The number of rotatable bonds is 4. The van der Waals surface area contributed by atoms with E-state index in [0.717, 1.165) is 17.8 Å². The van der Waals surface area contributed by atoms with Crippen LogP contribution >= 0.6 is 11.3 Å². The molecule has 1 aliphatic heterocycles. The number of hydrogen-bond donors (Lipinski definition) is 1. The third kappa shape index (κ3) is 2.50. The number of aromatic nitrogens is 2. The highest BCUT2D eigenvalue weighted by molar-refractivity contribution is 7.15. The van der Waals surface area contributed by atoms with Crippen molar-refractivity contribution in [2.75, 3.05) is 5.32 Å². The van der Waals surface area contributed by atoms with Gasteiger partial charge >= 0.3 is 0 Å².